The molecule has 0 amide bonds. The molecule has 0 saturated carbocycles. The Balaban J connectivity index is 1.54. The molecule has 0 spiro atoms. The number of methoxy groups -OCH3 is 1. The summed E-state index contributed by atoms with van der Waals surface area (Å²) in [4.78, 5) is -0.0113. The van der Waals surface area contributed by atoms with E-state index in [1.54, 1.807) is 30.3 Å². The number of sulfonamides is 1. The average Bonchev–Trinajstić information content (AvgIpc) is 2.87. The molecule has 4 rings (SSSR count). The van der Waals surface area contributed by atoms with Crippen molar-refractivity contribution in [3.05, 3.63) is 102 Å². The molecule has 0 aliphatic carbocycles. The Morgan fingerprint density at radius 2 is 1.42 bits per heavy atom. The van der Waals surface area contributed by atoms with Crippen molar-refractivity contribution in [1.82, 2.24) is 4.31 Å². The maximum atomic E-state index is 13.5. The molecule has 0 aliphatic rings. The highest BCUT2D eigenvalue weighted by atomic mass is 32.2. The minimum atomic E-state index is -4.14. The monoisotopic (exact) mass is 529 g/mol. The van der Waals surface area contributed by atoms with Gasteiger partial charge < -0.3 is 8.92 Å². The van der Waals surface area contributed by atoms with Crippen LogP contribution in [0.1, 0.15) is 5.56 Å². The van der Waals surface area contributed by atoms with Gasteiger partial charge in [-0.15, -0.1) is 0 Å². The quantitative estimate of drug-likeness (QED) is 0.279. The zero-order valence-corrected chi connectivity index (χ0v) is 21.0. The molecule has 0 atom stereocenters. The third-order valence-electron chi connectivity index (χ3n) is 5.49. The number of benzene rings is 4. The van der Waals surface area contributed by atoms with E-state index in [1.165, 1.54) is 23.5 Å². The van der Waals surface area contributed by atoms with Gasteiger partial charge in [-0.05, 0) is 64.9 Å². The number of ether oxygens (including phenoxy) is 1. The van der Waals surface area contributed by atoms with E-state index < -0.39 is 26.0 Å². The highest BCUT2D eigenvalue weighted by molar-refractivity contribution is 7.89. The minimum Gasteiger partial charge on any atom is -0.383 e. The summed E-state index contributed by atoms with van der Waals surface area (Å²) >= 11 is 0. The molecule has 0 aliphatic heterocycles. The Hall–Kier alpha value is -3.31. The minimum absolute atomic E-state index is 0.0452. The maximum Gasteiger partial charge on any atom is 0.339 e. The van der Waals surface area contributed by atoms with Gasteiger partial charge in [0.1, 0.15) is 16.5 Å². The van der Waals surface area contributed by atoms with Crippen LogP contribution in [0.4, 0.5) is 4.39 Å². The lowest BCUT2D eigenvalue weighted by Crippen LogP contribution is -2.33. The van der Waals surface area contributed by atoms with Crippen molar-refractivity contribution in [3.63, 3.8) is 0 Å². The second-order valence-electron chi connectivity index (χ2n) is 7.98. The van der Waals surface area contributed by atoms with Crippen LogP contribution in [0.15, 0.2) is 101 Å². The molecule has 0 radical (unpaired) electrons. The van der Waals surface area contributed by atoms with Gasteiger partial charge in [-0.2, -0.15) is 12.7 Å². The lowest BCUT2D eigenvalue weighted by atomic mass is 10.1. The van der Waals surface area contributed by atoms with Crippen molar-refractivity contribution in [1.29, 1.82) is 0 Å². The van der Waals surface area contributed by atoms with Crippen molar-refractivity contribution < 1.29 is 30.1 Å². The average molecular weight is 530 g/mol. The molecule has 0 aromatic heterocycles. The van der Waals surface area contributed by atoms with Gasteiger partial charge in [-0.25, -0.2) is 12.8 Å². The van der Waals surface area contributed by atoms with Crippen LogP contribution in [0.3, 0.4) is 0 Å². The molecule has 0 heterocycles. The smallest absolute Gasteiger partial charge is 0.339 e. The summed E-state index contributed by atoms with van der Waals surface area (Å²) in [6.45, 7) is 0.371. The van der Waals surface area contributed by atoms with Gasteiger partial charge in [0.15, 0.2) is 0 Å². The van der Waals surface area contributed by atoms with Crippen molar-refractivity contribution in [3.8, 4) is 5.75 Å². The standard InChI is InChI=1S/C26H24FNO6S2/c1-33-17-16-28(35(29,30)26-13-8-21-4-2-3-5-22(21)18-26)19-20-6-11-24(12-7-20)34-36(31,32)25-14-9-23(27)10-15-25/h2-15,18H,16-17,19H2,1H3. The van der Waals surface area contributed by atoms with Gasteiger partial charge in [0, 0.05) is 20.2 Å². The van der Waals surface area contributed by atoms with E-state index >= 15 is 0 Å². The first-order valence-electron chi connectivity index (χ1n) is 11.0. The van der Waals surface area contributed by atoms with Crippen LogP contribution in [0.5, 0.6) is 5.75 Å². The first-order chi connectivity index (χ1) is 17.2. The van der Waals surface area contributed by atoms with Crippen molar-refractivity contribution in [2.45, 2.75) is 16.3 Å². The Labute approximate surface area is 209 Å². The molecule has 0 unspecified atom stereocenters. The van der Waals surface area contributed by atoms with Crippen LogP contribution in [0.2, 0.25) is 0 Å². The van der Waals surface area contributed by atoms with Crippen LogP contribution in [-0.4, -0.2) is 41.4 Å². The van der Waals surface area contributed by atoms with E-state index in [0.717, 1.165) is 35.0 Å². The second kappa shape index (κ2) is 10.8. The molecular formula is C26H24FNO6S2. The number of nitrogens with zero attached hydrogens (tertiary/aromatic N) is 1. The number of halogens is 1. The first-order valence-corrected chi connectivity index (χ1v) is 13.8. The zero-order chi connectivity index (χ0) is 25.8. The molecule has 10 heteroatoms. The number of rotatable bonds is 10. The van der Waals surface area contributed by atoms with Gasteiger partial charge in [0.2, 0.25) is 10.0 Å². The predicted molar refractivity (Wildman–Crippen MR) is 134 cm³/mol. The Morgan fingerprint density at radius 3 is 2.08 bits per heavy atom. The molecule has 36 heavy (non-hydrogen) atoms. The summed E-state index contributed by atoms with van der Waals surface area (Å²) in [6.07, 6.45) is 0. The molecular weight excluding hydrogens is 505 g/mol. The summed E-state index contributed by atoms with van der Waals surface area (Å²) in [5.41, 5.74) is 0.627. The normalized spacial score (nSPS) is 12.2. The van der Waals surface area contributed by atoms with E-state index in [2.05, 4.69) is 0 Å². The lowest BCUT2D eigenvalue weighted by molar-refractivity contribution is 0.177. The van der Waals surface area contributed by atoms with Crippen LogP contribution in [-0.2, 0) is 31.4 Å². The van der Waals surface area contributed by atoms with E-state index in [-0.39, 0.29) is 35.2 Å². The van der Waals surface area contributed by atoms with Gasteiger partial charge in [0.05, 0.1) is 11.5 Å². The first kappa shape index (κ1) is 25.8. The van der Waals surface area contributed by atoms with Gasteiger partial charge in [0.25, 0.3) is 0 Å². The number of hydrogen-bond acceptors (Lipinski definition) is 6. The molecule has 188 valence electrons. The van der Waals surface area contributed by atoms with E-state index in [4.69, 9.17) is 8.92 Å². The molecule has 0 fully saturated rings. The van der Waals surface area contributed by atoms with E-state index in [9.17, 15) is 21.2 Å². The summed E-state index contributed by atoms with van der Waals surface area (Å²) in [6, 6.07) is 22.8. The Kier molecular flexibility index (Phi) is 7.70. The fourth-order valence-corrected chi connectivity index (χ4v) is 5.96. The van der Waals surface area contributed by atoms with Crippen LogP contribution < -0.4 is 4.18 Å². The summed E-state index contributed by atoms with van der Waals surface area (Å²) in [5.74, 6) is -0.515. The van der Waals surface area contributed by atoms with Crippen LogP contribution in [0.25, 0.3) is 10.8 Å². The third kappa shape index (κ3) is 5.90. The van der Waals surface area contributed by atoms with Gasteiger partial charge >= 0.3 is 10.1 Å². The highest BCUT2D eigenvalue weighted by Gasteiger charge is 2.25. The largest absolute Gasteiger partial charge is 0.383 e. The maximum absolute atomic E-state index is 13.5. The zero-order valence-electron chi connectivity index (χ0n) is 19.4. The topological polar surface area (TPSA) is 90.0 Å². The Morgan fingerprint density at radius 1 is 0.778 bits per heavy atom. The highest BCUT2D eigenvalue weighted by Crippen LogP contribution is 2.25. The molecule has 4 aromatic carbocycles. The van der Waals surface area contributed by atoms with Gasteiger partial charge in [-0.3, -0.25) is 0 Å². The summed E-state index contributed by atoms with van der Waals surface area (Å²) in [5, 5.41) is 1.75. The van der Waals surface area contributed by atoms with Crippen LogP contribution in [0, 0.1) is 5.82 Å². The fourth-order valence-electron chi connectivity index (χ4n) is 3.58. The molecule has 7 nitrogen and oxygen atoms in total. The Bertz CT molecular complexity index is 1550. The van der Waals surface area contributed by atoms with Crippen LogP contribution >= 0.6 is 0 Å². The van der Waals surface area contributed by atoms with Crippen molar-refractivity contribution in [2.24, 2.45) is 0 Å². The number of hydrogen-bond donors (Lipinski definition) is 0. The van der Waals surface area contributed by atoms with Crippen molar-refractivity contribution >= 4 is 30.9 Å². The van der Waals surface area contributed by atoms with E-state index in [0.29, 0.717) is 5.56 Å². The third-order valence-corrected chi connectivity index (χ3v) is 8.60. The SMILES string of the molecule is COCCN(Cc1ccc(OS(=O)(=O)c2ccc(F)cc2)cc1)S(=O)(=O)c1ccc2ccccc2c1. The van der Waals surface area contributed by atoms with E-state index in [1.807, 2.05) is 24.3 Å². The molecule has 4 aromatic rings. The predicted octanol–water partition coefficient (Wildman–Crippen LogP) is 4.58. The number of fused-ring (bicyclic) bond motifs is 1. The molecule has 0 bridgehead atoms. The lowest BCUT2D eigenvalue weighted by Gasteiger charge is -2.22. The summed E-state index contributed by atoms with van der Waals surface area (Å²) in [7, 11) is -6.50. The fraction of sp³-hybridized carbons (Fsp3) is 0.154. The molecule has 0 N–H and O–H groups in total. The second-order valence-corrected chi connectivity index (χ2v) is 11.5. The molecule has 0 saturated heterocycles. The van der Waals surface area contributed by atoms with Gasteiger partial charge in [-0.1, -0.05) is 42.5 Å². The summed E-state index contributed by atoms with van der Waals surface area (Å²) < 4.78 is 76.4. The van der Waals surface area contributed by atoms with Crippen molar-refractivity contribution in [2.75, 3.05) is 20.3 Å².